The second-order valence-corrected chi connectivity index (χ2v) is 6.54. The van der Waals surface area contributed by atoms with Gasteiger partial charge < -0.3 is 10.4 Å². The van der Waals surface area contributed by atoms with Gasteiger partial charge in [-0.2, -0.15) is 0 Å². The van der Waals surface area contributed by atoms with Crippen LogP contribution in [0.3, 0.4) is 0 Å². The molecule has 1 aromatic rings. The lowest BCUT2D eigenvalue weighted by atomic mass is 9.93. The molecule has 0 radical (unpaired) electrons. The molecular weight excluding hydrogens is 290 g/mol. The Balaban J connectivity index is 2.40. The molecule has 116 valence electrons. The highest BCUT2D eigenvalue weighted by Gasteiger charge is 2.27. The summed E-state index contributed by atoms with van der Waals surface area (Å²) in [6.45, 7) is 5.31. The lowest BCUT2D eigenvalue weighted by Crippen LogP contribution is -2.39. The number of hydrogen-bond donors (Lipinski definition) is 2. The van der Waals surface area contributed by atoms with Crippen LogP contribution in [0.5, 0.6) is 0 Å². The van der Waals surface area contributed by atoms with E-state index < -0.39 is 11.4 Å². The zero-order valence-electron chi connectivity index (χ0n) is 12.6. The summed E-state index contributed by atoms with van der Waals surface area (Å²) in [4.78, 5) is 22.8. The molecule has 1 rings (SSSR count). The molecule has 0 aromatic heterocycles. The summed E-state index contributed by atoms with van der Waals surface area (Å²) in [5, 5.41) is 12.4. The summed E-state index contributed by atoms with van der Waals surface area (Å²) >= 11 is 5.83. The summed E-state index contributed by atoms with van der Waals surface area (Å²) < 4.78 is 0. The smallest absolute Gasteiger partial charge is 0.310 e. The van der Waals surface area contributed by atoms with Gasteiger partial charge in [-0.3, -0.25) is 9.59 Å². The number of amides is 1. The maximum atomic E-state index is 11.8. The first kappa shape index (κ1) is 17.5. The molecule has 0 aliphatic rings. The first-order chi connectivity index (χ1) is 9.70. The van der Waals surface area contributed by atoms with Crippen molar-refractivity contribution in [2.45, 2.75) is 33.6 Å². The number of halogens is 1. The van der Waals surface area contributed by atoms with Crippen LogP contribution in [0.25, 0.3) is 0 Å². The second-order valence-electron chi connectivity index (χ2n) is 6.11. The zero-order chi connectivity index (χ0) is 16.0. The lowest BCUT2D eigenvalue weighted by Gasteiger charge is -2.20. The Bertz CT molecular complexity index is 497. The summed E-state index contributed by atoms with van der Waals surface area (Å²) in [6.07, 6.45) is 1.16. The standard InChI is InChI=1S/C16H22ClNO3/c1-11(8-12-4-6-13(17)7-5-12)9-14(19)18-10-16(2,3)15(20)21/h4-7,11H,8-10H2,1-3H3,(H,18,19)(H,20,21). The quantitative estimate of drug-likeness (QED) is 0.813. The summed E-state index contributed by atoms with van der Waals surface area (Å²) in [5.41, 5.74) is 0.181. The fraction of sp³-hybridized carbons (Fsp3) is 0.500. The van der Waals surface area contributed by atoms with Crippen molar-refractivity contribution in [1.29, 1.82) is 0 Å². The van der Waals surface area contributed by atoms with E-state index >= 15 is 0 Å². The minimum absolute atomic E-state index is 0.120. The van der Waals surface area contributed by atoms with Crippen molar-refractivity contribution >= 4 is 23.5 Å². The van der Waals surface area contributed by atoms with E-state index in [0.717, 1.165) is 12.0 Å². The van der Waals surface area contributed by atoms with Crippen molar-refractivity contribution in [2.75, 3.05) is 6.54 Å². The molecule has 21 heavy (non-hydrogen) atoms. The Morgan fingerprint density at radius 1 is 1.29 bits per heavy atom. The molecule has 0 heterocycles. The van der Waals surface area contributed by atoms with Crippen LogP contribution in [-0.2, 0) is 16.0 Å². The normalized spacial score (nSPS) is 12.8. The van der Waals surface area contributed by atoms with Gasteiger partial charge in [0.05, 0.1) is 5.41 Å². The minimum atomic E-state index is -0.949. The highest BCUT2D eigenvalue weighted by atomic mass is 35.5. The monoisotopic (exact) mass is 311 g/mol. The Morgan fingerprint density at radius 3 is 2.38 bits per heavy atom. The van der Waals surface area contributed by atoms with Gasteiger partial charge in [0.1, 0.15) is 0 Å². The molecule has 1 atom stereocenters. The third kappa shape index (κ3) is 6.17. The number of aliphatic carboxylic acids is 1. The van der Waals surface area contributed by atoms with Gasteiger partial charge in [-0.1, -0.05) is 30.7 Å². The van der Waals surface area contributed by atoms with Crippen molar-refractivity contribution < 1.29 is 14.7 Å². The van der Waals surface area contributed by atoms with Crippen LogP contribution in [0.4, 0.5) is 0 Å². The van der Waals surface area contributed by atoms with Gasteiger partial charge in [0.25, 0.3) is 0 Å². The molecule has 1 amide bonds. The maximum Gasteiger partial charge on any atom is 0.310 e. The Labute approximate surface area is 130 Å². The van der Waals surface area contributed by atoms with Crippen molar-refractivity contribution in [3.05, 3.63) is 34.9 Å². The van der Waals surface area contributed by atoms with Gasteiger partial charge in [-0.25, -0.2) is 0 Å². The molecule has 0 saturated carbocycles. The highest BCUT2D eigenvalue weighted by molar-refractivity contribution is 6.30. The predicted octanol–water partition coefficient (Wildman–Crippen LogP) is 3.14. The fourth-order valence-corrected chi connectivity index (χ4v) is 2.00. The largest absolute Gasteiger partial charge is 0.481 e. The summed E-state index contributed by atoms with van der Waals surface area (Å²) in [6, 6.07) is 7.56. The van der Waals surface area contributed by atoms with Gasteiger partial charge in [0, 0.05) is 18.0 Å². The molecule has 5 heteroatoms. The molecular formula is C16H22ClNO3. The molecule has 0 spiro atoms. The van der Waals surface area contributed by atoms with Crippen molar-refractivity contribution in [2.24, 2.45) is 11.3 Å². The number of rotatable bonds is 7. The Hall–Kier alpha value is -1.55. The number of nitrogens with one attached hydrogen (secondary N) is 1. The first-order valence-corrected chi connectivity index (χ1v) is 7.33. The SMILES string of the molecule is CC(CC(=O)NCC(C)(C)C(=O)O)Cc1ccc(Cl)cc1. The van der Waals surface area contributed by atoms with E-state index in [2.05, 4.69) is 5.32 Å². The van der Waals surface area contributed by atoms with Crippen LogP contribution in [0.15, 0.2) is 24.3 Å². The molecule has 0 bridgehead atoms. The van der Waals surface area contributed by atoms with Crippen LogP contribution >= 0.6 is 11.6 Å². The fourth-order valence-electron chi connectivity index (χ4n) is 1.88. The average Bonchev–Trinajstić information content (AvgIpc) is 2.39. The molecule has 0 aliphatic heterocycles. The Morgan fingerprint density at radius 2 is 1.86 bits per heavy atom. The van der Waals surface area contributed by atoms with E-state index in [1.54, 1.807) is 13.8 Å². The predicted molar refractivity (Wildman–Crippen MR) is 83.4 cm³/mol. The van der Waals surface area contributed by atoms with Gasteiger partial charge >= 0.3 is 5.97 Å². The summed E-state index contributed by atoms with van der Waals surface area (Å²) in [5.74, 6) is -0.859. The number of carboxylic acid groups (broad SMARTS) is 1. The number of carbonyl (C=O) groups excluding carboxylic acids is 1. The molecule has 0 aliphatic carbocycles. The van der Waals surface area contributed by atoms with E-state index in [1.165, 1.54) is 0 Å². The van der Waals surface area contributed by atoms with Crippen LogP contribution in [0.1, 0.15) is 32.8 Å². The van der Waals surface area contributed by atoms with Crippen LogP contribution in [0.2, 0.25) is 5.02 Å². The molecule has 0 fully saturated rings. The van der Waals surface area contributed by atoms with Gasteiger partial charge in [0.15, 0.2) is 0 Å². The highest BCUT2D eigenvalue weighted by Crippen LogP contribution is 2.16. The van der Waals surface area contributed by atoms with Crippen LogP contribution < -0.4 is 5.32 Å². The summed E-state index contributed by atoms with van der Waals surface area (Å²) in [7, 11) is 0. The molecule has 1 unspecified atom stereocenters. The molecule has 4 nitrogen and oxygen atoms in total. The number of carboxylic acids is 1. The first-order valence-electron chi connectivity index (χ1n) is 6.95. The number of hydrogen-bond acceptors (Lipinski definition) is 2. The number of benzene rings is 1. The molecule has 1 aromatic carbocycles. The van der Waals surface area contributed by atoms with Crippen molar-refractivity contribution in [3.8, 4) is 0 Å². The van der Waals surface area contributed by atoms with Gasteiger partial charge in [-0.15, -0.1) is 0 Å². The van der Waals surface area contributed by atoms with E-state index in [0.29, 0.717) is 11.4 Å². The van der Waals surface area contributed by atoms with Crippen LogP contribution in [0, 0.1) is 11.3 Å². The number of carbonyl (C=O) groups is 2. The Kier molecular flexibility index (Phi) is 6.21. The second kappa shape index (κ2) is 7.46. The average molecular weight is 312 g/mol. The van der Waals surface area contributed by atoms with E-state index in [9.17, 15) is 9.59 Å². The third-order valence-electron chi connectivity index (χ3n) is 3.34. The van der Waals surface area contributed by atoms with E-state index in [-0.39, 0.29) is 18.4 Å². The molecule has 0 saturated heterocycles. The van der Waals surface area contributed by atoms with Gasteiger partial charge in [0.2, 0.25) is 5.91 Å². The van der Waals surface area contributed by atoms with Crippen molar-refractivity contribution in [1.82, 2.24) is 5.32 Å². The minimum Gasteiger partial charge on any atom is -0.481 e. The molecule has 2 N–H and O–H groups in total. The van der Waals surface area contributed by atoms with E-state index in [4.69, 9.17) is 16.7 Å². The lowest BCUT2D eigenvalue weighted by molar-refractivity contribution is -0.146. The van der Waals surface area contributed by atoms with Gasteiger partial charge in [-0.05, 0) is 43.9 Å². The van der Waals surface area contributed by atoms with Crippen molar-refractivity contribution in [3.63, 3.8) is 0 Å². The zero-order valence-corrected chi connectivity index (χ0v) is 13.4. The van der Waals surface area contributed by atoms with E-state index in [1.807, 2.05) is 31.2 Å². The maximum absolute atomic E-state index is 11.8. The topological polar surface area (TPSA) is 66.4 Å². The van der Waals surface area contributed by atoms with Crippen LogP contribution in [-0.4, -0.2) is 23.5 Å². The third-order valence-corrected chi connectivity index (χ3v) is 3.59.